The first-order valence-electron chi connectivity index (χ1n) is 6.13. The lowest BCUT2D eigenvalue weighted by Gasteiger charge is -2.08. The van der Waals surface area contributed by atoms with Crippen LogP contribution in [0, 0.1) is 17.7 Å². The monoisotopic (exact) mass is 275 g/mol. The second kappa shape index (κ2) is 6.68. The quantitative estimate of drug-likeness (QED) is 0.856. The first-order valence-corrected chi connectivity index (χ1v) is 6.13. The van der Waals surface area contributed by atoms with Crippen molar-refractivity contribution >= 4 is 0 Å². The van der Waals surface area contributed by atoms with Crippen molar-refractivity contribution in [3.63, 3.8) is 0 Å². The fourth-order valence-electron chi connectivity index (χ4n) is 1.66. The van der Waals surface area contributed by atoms with Crippen LogP contribution in [0.3, 0.4) is 0 Å². The van der Waals surface area contributed by atoms with Gasteiger partial charge in [0.2, 0.25) is 0 Å². The molecule has 0 unspecified atom stereocenters. The van der Waals surface area contributed by atoms with E-state index in [2.05, 4.69) is 21.9 Å². The van der Waals surface area contributed by atoms with Crippen molar-refractivity contribution in [1.82, 2.24) is 14.8 Å². The zero-order chi connectivity index (χ0) is 14.4. The number of aliphatic hydroxyl groups excluding tert-OH is 1. The number of aryl methyl sites for hydroxylation is 1. The normalized spacial score (nSPS) is 9.95. The van der Waals surface area contributed by atoms with Crippen molar-refractivity contribution in [1.29, 1.82) is 0 Å². The van der Waals surface area contributed by atoms with E-state index in [-0.39, 0.29) is 13.2 Å². The number of ether oxygens (including phenoxy) is 1. The summed E-state index contributed by atoms with van der Waals surface area (Å²) in [6, 6.07) is 4.06. The van der Waals surface area contributed by atoms with Crippen molar-refractivity contribution in [3.8, 4) is 17.6 Å². The largest absolute Gasteiger partial charge is 0.484 e. The molecule has 0 bridgehead atoms. The molecule has 0 saturated carbocycles. The Morgan fingerprint density at radius 1 is 1.45 bits per heavy atom. The van der Waals surface area contributed by atoms with E-state index in [1.54, 1.807) is 4.68 Å². The van der Waals surface area contributed by atoms with Gasteiger partial charge in [0.25, 0.3) is 0 Å². The Balaban J connectivity index is 2.18. The van der Waals surface area contributed by atoms with Crippen LogP contribution in [0.15, 0.2) is 24.5 Å². The van der Waals surface area contributed by atoms with Crippen molar-refractivity contribution in [3.05, 3.63) is 41.7 Å². The van der Waals surface area contributed by atoms with Gasteiger partial charge < -0.3 is 9.84 Å². The molecule has 6 heteroatoms. The Hall–Kier alpha value is -2.39. The van der Waals surface area contributed by atoms with Crippen molar-refractivity contribution in [2.45, 2.75) is 20.1 Å². The van der Waals surface area contributed by atoms with Gasteiger partial charge in [-0.1, -0.05) is 11.8 Å². The summed E-state index contributed by atoms with van der Waals surface area (Å²) < 4.78 is 20.5. The number of rotatable bonds is 4. The zero-order valence-corrected chi connectivity index (χ0v) is 11.0. The molecule has 0 spiro atoms. The van der Waals surface area contributed by atoms with E-state index < -0.39 is 5.82 Å². The molecule has 0 radical (unpaired) electrons. The minimum atomic E-state index is -0.411. The van der Waals surface area contributed by atoms with Gasteiger partial charge >= 0.3 is 0 Å². The Bertz CT molecular complexity index is 643. The zero-order valence-electron chi connectivity index (χ0n) is 11.0. The molecule has 20 heavy (non-hydrogen) atoms. The summed E-state index contributed by atoms with van der Waals surface area (Å²) in [6.07, 6.45) is 1.44. The van der Waals surface area contributed by atoms with Gasteiger partial charge in [-0.15, -0.1) is 0 Å². The molecule has 2 rings (SSSR count). The highest BCUT2D eigenvalue weighted by atomic mass is 19.1. The Morgan fingerprint density at radius 2 is 2.30 bits per heavy atom. The number of hydrogen-bond donors (Lipinski definition) is 1. The molecular weight excluding hydrogens is 261 g/mol. The number of hydrogen-bond acceptors (Lipinski definition) is 4. The van der Waals surface area contributed by atoms with E-state index in [1.165, 1.54) is 24.5 Å². The third-order valence-corrected chi connectivity index (χ3v) is 2.60. The summed E-state index contributed by atoms with van der Waals surface area (Å²) in [5.41, 5.74) is 0.517. The van der Waals surface area contributed by atoms with Crippen LogP contribution >= 0.6 is 0 Å². The highest BCUT2D eigenvalue weighted by Crippen LogP contribution is 2.20. The first-order chi connectivity index (χ1) is 9.74. The molecule has 0 aliphatic carbocycles. The average Bonchev–Trinajstić information content (AvgIpc) is 2.91. The minimum Gasteiger partial charge on any atom is -0.484 e. The molecule has 0 aliphatic rings. The number of aliphatic hydroxyl groups is 1. The van der Waals surface area contributed by atoms with Crippen molar-refractivity contribution in [2.75, 3.05) is 6.61 Å². The number of nitrogens with zero attached hydrogens (tertiary/aromatic N) is 3. The van der Waals surface area contributed by atoms with Crippen molar-refractivity contribution < 1.29 is 14.2 Å². The fourth-order valence-corrected chi connectivity index (χ4v) is 1.66. The predicted molar refractivity (Wildman–Crippen MR) is 70.4 cm³/mol. The van der Waals surface area contributed by atoms with Crippen LogP contribution in [0.2, 0.25) is 0 Å². The molecule has 0 saturated heterocycles. The predicted octanol–water partition coefficient (Wildman–Crippen LogP) is 1.36. The molecule has 0 amide bonds. The summed E-state index contributed by atoms with van der Waals surface area (Å²) in [5.74, 6) is 5.78. The van der Waals surface area contributed by atoms with Gasteiger partial charge in [-0.05, 0) is 19.1 Å². The molecule has 5 nitrogen and oxygen atoms in total. The molecule has 0 fully saturated rings. The second-order valence-corrected chi connectivity index (χ2v) is 3.88. The molecule has 104 valence electrons. The van der Waals surface area contributed by atoms with E-state index in [0.29, 0.717) is 23.7 Å². The Kier molecular flexibility index (Phi) is 4.69. The highest BCUT2D eigenvalue weighted by molar-refractivity contribution is 5.46. The van der Waals surface area contributed by atoms with E-state index in [0.717, 1.165) is 0 Å². The van der Waals surface area contributed by atoms with Crippen LogP contribution in [0.1, 0.15) is 18.3 Å². The van der Waals surface area contributed by atoms with E-state index >= 15 is 0 Å². The molecule has 2 aromatic rings. The Labute approximate surface area is 116 Å². The SMILES string of the molecule is CCn1ncnc1COc1cc(F)ccc1C#CCO. The van der Waals surface area contributed by atoms with E-state index in [4.69, 9.17) is 9.84 Å². The lowest BCUT2D eigenvalue weighted by atomic mass is 10.2. The average molecular weight is 275 g/mol. The van der Waals surface area contributed by atoms with E-state index in [9.17, 15) is 4.39 Å². The number of aromatic nitrogens is 3. The summed E-state index contributed by atoms with van der Waals surface area (Å²) in [6.45, 7) is 2.53. The van der Waals surface area contributed by atoms with Gasteiger partial charge in [-0.25, -0.2) is 14.1 Å². The molecule has 1 aromatic carbocycles. The smallest absolute Gasteiger partial charge is 0.164 e. The van der Waals surface area contributed by atoms with Crippen LogP contribution < -0.4 is 4.74 Å². The van der Waals surface area contributed by atoms with Gasteiger partial charge in [-0.2, -0.15) is 5.10 Å². The highest BCUT2D eigenvalue weighted by Gasteiger charge is 2.07. The van der Waals surface area contributed by atoms with Gasteiger partial charge in [0.05, 0.1) is 5.56 Å². The Morgan fingerprint density at radius 3 is 3.05 bits per heavy atom. The van der Waals surface area contributed by atoms with E-state index in [1.807, 2.05) is 6.92 Å². The third kappa shape index (κ3) is 3.33. The minimum absolute atomic E-state index is 0.172. The standard InChI is InChI=1S/C14H14FN3O2/c1-2-18-14(16-10-17-18)9-20-13-8-12(15)6-5-11(13)4-3-7-19/h5-6,8,10,19H,2,7,9H2,1H3. The van der Waals surface area contributed by atoms with Crippen LogP contribution in [-0.4, -0.2) is 26.5 Å². The van der Waals surface area contributed by atoms with Crippen LogP contribution in [0.5, 0.6) is 5.75 Å². The topological polar surface area (TPSA) is 60.2 Å². The van der Waals surface area contributed by atoms with Gasteiger partial charge in [0, 0.05) is 12.6 Å². The lowest BCUT2D eigenvalue weighted by molar-refractivity contribution is 0.285. The second-order valence-electron chi connectivity index (χ2n) is 3.88. The molecule has 0 aliphatic heterocycles. The summed E-state index contributed by atoms with van der Waals surface area (Å²) in [4.78, 5) is 4.07. The van der Waals surface area contributed by atoms with Crippen molar-refractivity contribution in [2.24, 2.45) is 0 Å². The number of benzene rings is 1. The third-order valence-electron chi connectivity index (χ3n) is 2.60. The van der Waals surface area contributed by atoms with Gasteiger partial charge in [-0.3, -0.25) is 0 Å². The van der Waals surface area contributed by atoms with Crippen LogP contribution in [-0.2, 0) is 13.2 Å². The maximum absolute atomic E-state index is 13.3. The summed E-state index contributed by atoms with van der Waals surface area (Å²) in [5, 5.41) is 12.7. The molecule has 1 heterocycles. The lowest BCUT2D eigenvalue weighted by Crippen LogP contribution is -2.07. The summed E-state index contributed by atoms with van der Waals surface area (Å²) in [7, 11) is 0. The maximum Gasteiger partial charge on any atom is 0.164 e. The van der Waals surface area contributed by atoms with Crippen LogP contribution in [0.4, 0.5) is 4.39 Å². The molecule has 1 N–H and O–H groups in total. The maximum atomic E-state index is 13.3. The number of halogens is 1. The van der Waals surface area contributed by atoms with Gasteiger partial charge in [0.1, 0.15) is 31.1 Å². The van der Waals surface area contributed by atoms with Gasteiger partial charge in [0.15, 0.2) is 5.82 Å². The molecule has 0 atom stereocenters. The fraction of sp³-hybridized carbons (Fsp3) is 0.286. The molecule has 1 aromatic heterocycles. The molecular formula is C14H14FN3O2. The summed E-state index contributed by atoms with van der Waals surface area (Å²) >= 11 is 0. The first kappa shape index (κ1) is 14.0. The van der Waals surface area contributed by atoms with Crippen LogP contribution in [0.25, 0.3) is 0 Å².